The molecule has 74 valence electrons. The van der Waals surface area contributed by atoms with E-state index < -0.39 is 0 Å². The lowest BCUT2D eigenvalue weighted by Gasteiger charge is -2.03. The van der Waals surface area contributed by atoms with E-state index in [1.165, 1.54) is 11.1 Å². The van der Waals surface area contributed by atoms with Gasteiger partial charge in [-0.05, 0) is 37.2 Å². The van der Waals surface area contributed by atoms with Crippen molar-refractivity contribution < 1.29 is 0 Å². The van der Waals surface area contributed by atoms with Gasteiger partial charge in [0.15, 0.2) is 4.77 Å². The summed E-state index contributed by atoms with van der Waals surface area (Å²) in [7, 11) is 0. The Kier molecular flexibility index (Phi) is 2.42. The third kappa shape index (κ3) is 1.38. The van der Waals surface area contributed by atoms with Crippen molar-refractivity contribution in [2.24, 2.45) is 0 Å². The van der Waals surface area contributed by atoms with Crippen molar-refractivity contribution >= 4 is 23.3 Å². The van der Waals surface area contributed by atoms with E-state index in [4.69, 9.17) is 12.2 Å². The zero-order chi connectivity index (χ0) is 10.1. The number of H-pyrrole nitrogens is 1. The van der Waals surface area contributed by atoms with E-state index in [0.717, 1.165) is 23.3 Å². The van der Waals surface area contributed by atoms with Crippen LogP contribution in [-0.4, -0.2) is 9.55 Å². The van der Waals surface area contributed by atoms with Crippen LogP contribution < -0.4 is 0 Å². The van der Waals surface area contributed by atoms with Gasteiger partial charge in [-0.1, -0.05) is 19.1 Å². The highest BCUT2D eigenvalue weighted by molar-refractivity contribution is 7.71. The van der Waals surface area contributed by atoms with Gasteiger partial charge in [0.1, 0.15) is 0 Å². The molecule has 0 radical (unpaired) electrons. The Balaban J connectivity index is 2.79. The van der Waals surface area contributed by atoms with Crippen molar-refractivity contribution in [2.75, 3.05) is 0 Å². The second-order valence-corrected chi connectivity index (χ2v) is 3.94. The quantitative estimate of drug-likeness (QED) is 0.747. The van der Waals surface area contributed by atoms with Crippen molar-refractivity contribution in [2.45, 2.75) is 26.8 Å². The normalized spacial score (nSPS) is 11.0. The van der Waals surface area contributed by atoms with Crippen molar-refractivity contribution in [3.63, 3.8) is 0 Å². The summed E-state index contributed by atoms with van der Waals surface area (Å²) >= 11 is 5.29. The number of aromatic nitrogens is 2. The number of aryl methyl sites for hydroxylation is 2. The lowest BCUT2D eigenvalue weighted by molar-refractivity contribution is 0.687. The smallest absolute Gasteiger partial charge is 0.178 e. The molecule has 0 fully saturated rings. The average Bonchev–Trinajstić information content (AvgIpc) is 2.45. The Morgan fingerprint density at radius 1 is 1.43 bits per heavy atom. The summed E-state index contributed by atoms with van der Waals surface area (Å²) in [5, 5.41) is 0. The Labute approximate surface area is 88.6 Å². The van der Waals surface area contributed by atoms with Crippen LogP contribution in [0.5, 0.6) is 0 Å². The lowest BCUT2D eigenvalue weighted by atomic mass is 10.2. The van der Waals surface area contributed by atoms with Crippen LogP contribution in [0.4, 0.5) is 0 Å². The minimum Gasteiger partial charge on any atom is -0.331 e. The first-order chi connectivity index (χ1) is 6.74. The van der Waals surface area contributed by atoms with Gasteiger partial charge in [-0.3, -0.25) is 0 Å². The number of nitrogens with one attached hydrogen (secondary N) is 1. The molecule has 1 aromatic carbocycles. The molecule has 0 aliphatic carbocycles. The molecule has 2 rings (SSSR count). The van der Waals surface area contributed by atoms with E-state index in [1.54, 1.807) is 0 Å². The zero-order valence-electron chi connectivity index (χ0n) is 8.50. The molecule has 14 heavy (non-hydrogen) atoms. The maximum atomic E-state index is 5.29. The first-order valence-electron chi connectivity index (χ1n) is 4.92. The number of nitrogens with zero attached hydrogens (tertiary/aromatic N) is 1. The summed E-state index contributed by atoms with van der Waals surface area (Å²) in [4.78, 5) is 3.23. The molecule has 0 atom stereocenters. The van der Waals surface area contributed by atoms with Crippen LogP contribution in [-0.2, 0) is 6.54 Å². The predicted octanol–water partition coefficient (Wildman–Crippen LogP) is 3.42. The van der Waals surface area contributed by atoms with Crippen molar-refractivity contribution in [1.82, 2.24) is 9.55 Å². The summed E-state index contributed by atoms with van der Waals surface area (Å²) in [5.41, 5.74) is 3.67. The second kappa shape index (κ2) is 3.58. The number of para-hydroxylation sites is 1. The molecular formula is C11H14N2S. The fraction of sp³-hybridized carbons (Fsp3) is 0.364. The van der Waals surface area contributed by atoms with Gasteiger partial charge in [0.05, 0.1) is 11.0 Å². The zero-order valence-corrected chi connectivity index (χ0v) is 9.32. The maximum absolute atomic E-state index is 5.29. The van der Waals surface area contributed by atoms with Gasteiger partial charge in [0.2, 0.25) is 0 Å². The molecule has 3 heteroatoms. The minimum atomic E-state index is 0.830. The van der Waals surface area contributed by atoms with Crippen LogP contribution in [0.2, 0.25) is 0 Å². The fourth-order valence-electron chi connectivity index (χ4n) is 1.84. The third-order valence-corrected chi connectivity index (χ3v) is 2.76. The van der Waals surface area contributed by atoms with Crippen molar-refractivity contribution in [3.05, 3.63) is 28.5 Å². The largest absolute Gasteiger partial charge is 0.331 e. The van der Waals surface area contributed by atoms with Gasteiger partial charge in [-0.2, -0.15) is 0 Å². The Morgan fingerprint density at radius 3 is 2.93 bits per heavy atom. The highest BCUT2D eigenvalue weighted by atomic mass is 32.1. The summed E-state index contributed by atoms with van der Waals surface area (Å²) in [5.74, 6) is 0. The van der Waals surface area contributed by atoms with Crippen LogP contribution >= 0.6 is 12.2 Å². The third-order valence-electron chi connectivity index (χ3n) is 2.44. The predicted molar refractivity (Wildman–Crippen MR) is 62.2 cm³/mol. The molecule has 1 aromatic heterocycles. The first-order valence-corrected chi connectivity index (χ1v) is 5.33. The fourth-order valence-corrected chi connectivity index (χ4v) is 2.13. The molecule has 2 aromatic rings. The lowest BCUT2D eigenvalue weighted by Crippen LogP contribution is -1.97. The minimum absolute atomic E-state index is 0.830. The number of hydrogen-bond donors (Lipinski definition) is 1. The Hall–Kier alpha value is -1.09. The molecule has 0 aliphatic heterocycles. The van der Waals surface area contributed by atoms with Crippen LogP contribution in [0.3, 0.4) is 0 Å². The number of imidazole rings is 1. The van der Waals surface area contributed by atoms with Gasteiger partial charge in [0.25, 0.3) is 0 Å². The van der Waals surface area contributed by atoms with E-state index in [1.807, 2.05) is 0 Å². The standard InChI is InChI=1S/C11H14N2S/c1-3-7-13-10-8(2)5-4-6-9(10)12-11(13)14/h4-6H,3,7H2,1-2H3,(H,12,14). The topological polar surface area (TPSA) is 20.7 Å². The molecule has 2 nitrogen and oxygen atoms in total. The molecule has 1 heterocycles. The van der Waals surface area contributed by atoms with Gasteiger partial charge in [0, 0.05) is 6.54 Å². The number of fused-ring (bicyclic) bond motifs is 1. The van der Waals surface area contributed by atoms with Crippen molar-refractivity contribution in [1.29, 1.82) is 0 Å². The molecule has 0 saturated carbocycles. The van der Waals surface area contributed by atoms with Crippen LogP contribution in [0, 0.1) is 11.7 Å². The SMILES string of the molecule is CCCn1c(=S)[nH]c2cccc(C)c21. The van der Waals surface area contributed by atoms with Crippen LogP contribution in [0.1, 0.15) is 18.9 Å². The number of rotatable bonds is 2. The molecule has 0 bridgehead atoms. The molecule has 1 N–H and O–H groups in total. The summed E-state index contributed by atoms with van der Waals surface area (Å²) < 4.78 is 3.01. The van der Waals surface area contributed by atoms with E-state index in [-0.39, 0.29) is 0 Å². The Bertz CT molecular complexity index is 507. The molecule has 0 spiro atoms. The molecule has 0 amide bonds. The van der Waals surface area contributed by atoms with Gasteiger partial charge in [-0.15, -0.1) is 0 Å². The summed E-state index contributed by atoms with van der Waals surface area (Å²) in [6.45, 7) is 5.28. The molecule has 0 aliphatic rings. The summed E-state index contributed by atoms with van der Waals surface area (Å²) in [6, 6.07) is 6.25. The van der Waals surface area contributed by atoms with Gasteiger partial charge in [-0.25, -0.2) is 0 Å². The second-order valence-electron chi connectivity index (χ2n) is 3.55. The van der Waals surface area contributed by atoms with E-state index in [9.17, 15) is 0 Å². The maximum Gasteiger partial charge on any atom is 0.178 e. The summed E-state index contributed by atoms with van der Waals surface area (Å²) in [6.07, 6.45) is 1.11. The molecule has 0 saturated heterocycles. The van der Waals surface area contributed by atoms with E-state index >= 15 is 0 Å². The van der Waals surface area contributed by atoms with Crippen LogP contribution in [0.25, 0.3) is 11.0 Å². The van der Waals surface area contributed by atoms with Crippen molar-refractivity contribution in [3.8, 4) is 0 Å². The highest BCUT2D eigenvalue weighted by Gasteiger charge is 2.04. The van der Waals surface area contributed by atoms with E-state index in [0.29, 0.717) is 0 Å². The number of hydrogen-bond acceptors (Lipinski definition) is 1. The van der Waals surface area contributed by atoms with E-state index in [2.05, 4.69) is 41.6 Å². The molecule has 0 unspecified atom stereocenters. The molecular weight excluding hydrogens is 192 g/mol. The first kappa shape index (κ1) is 9.46. The Morgan fingerprint density at radius 2 is 2.21 bits per heavy atom. The number of benzene rings is 1. The highest BCUT2D eigenvalue weighted by Crippen LogP contribution is 2.18. The monoisotopic (exact) mass is 206 g/mol. The van der Waals surface area contributed by atoms with Gasteiger partial charge >= 0.3 is 0 Å². The van der Waals surface area contributed by atoms with Gasteiger partial charge < -0.3 is 9.55 Å². The average molecular weight is 206 g/mol. The number of aromatic amines is 1. The van der Waals surface area contributed by atoms with Crippen LogP contribution in [0.15, 0.2) is 18.2 Å².